The van der Waals surface area contributed by atoms with E-state index in [2.05, 4.69) is 29.7 Å². The highest BCUT2D eigenvalue weighted by Gasteiger charge is 2.11. The Bertz CT molecular complexity index is 228. The second-order valence-electron chi connectivity index (χ2n) is 3.98. The Morgan fingerprint density at radius 3 is 2.57 bits per heavy atom. The molecule has 1 aliphatic rings. The molecule has 0 aromatic carbocycles. The first-order valence-corrected chi connectivity index (χ1v) is 5.50. The molecule has 1 aliphatic carbocycles. The molecule has 14 heavy (non-hydrogen) atoms. The van der Waals surface area contributed by atoms with E-state index in [1.165, 1.54) is 25.0 Å². The third kappa shape index (κ3) is 3.18. The monoisotopic (exact) mass is 194 g/mol. The van der Waals surface area contributed by atoms with Crippen LogP contribution in [0.4, 0.5) is 0 Å². The van der Waals surface area contributed by atoms with Gasteiger partial charge in [0.25, 0.3) is 0 Å². The second-order valence-corrected chi connectivity index (χ2v) is 3.98. The van der Waals surface area contributed by atoms with Crippen LogP contribution in [0.3, 0.4) is 0 Å². The van der Waals surface area contributed by atoms with E-state index >= 15 is 0 Å². The molecule has 0 saturated carbocycles. The van der Waals surface area contributed by atoms with Crippen LogP contribution in [0.1, 0.15) is 26.2 Å². The lowest BCUT2D eigenvalue weighted by Gasteiger charge is -2.19. The van der Waals surface area contributed by atoms with Crippen LogP contribution < -0.4 is 10.6 Å². The topological polar surface area (TPSA) is 24.1 Å². The van der Waals surface area contributed by atoms with Crippen molar-refractivity contribution < 1.29 is 0 Å². The fourth-order valence-corrected chi connectivity index (χ4v) is 1.82. The minimum atomic E-state index is 0.720. The maximum Gasteiger partial charge on any atom is 0.0107 e. The normalized spacial score (nSPS) is 18.5. The predicted octanol–water partition coefficient (Wildman–Crippen LogP) is 2.06. The van der Waals surface area contributed by atoms with Crippen molar-refractivity contribution in [3.05, 3.63) is 23.4 Å². The van der Waals surface area contributed by atoms with Crippen molar-refractivity contribution in [3.63, 3.8) is 0 Å². The molecule has 0 aromatic heterocycles. The molecule has 2 heteroatoms. The lowest BCUT2D eigenvalue weighted by atomic mass is 9.90. The fourth-order valence-electron chi connectivity index (χ4n) is 1.82. The van der Waals surface area contributed by atoms with Gasteiger partial charge in [-0.15, -0.1) is 0 Å². The molecule has 80 valence electrons. The smallest absolute Gasteiger partial charge is 0.0107 e. The van der Waals surface area contributed by atoms with Gasteiger partial charge in [0.1, 0.15) is 0 Å². The highest BCUT2D eigenvalue weighted by Crippen LogP contribution is 2.24. The van der Waals surface area contributed by atoms with E-state index < -0.39 is 0 Å². The summed E-state index contributed by atoms with van der Waals surface area (Å²) in [5.74, 6) is 0.720. The zero-order valence-electron chi connectivity index (χ0n) is 9.56. The molecule has 0 heterocycles. The molecule has 0 amide bonds. The molecule has 2 nitrogen and oxygen atoms in total. The minimum absolute atomic E-state index is 0.720. The first-order valence-electron chi connectivity index (χ1n) is 5.50. The predicted molar refractivity (Wildman–Crippen MR) is 62.2 cm³/mol. The summed E-state index contributed by atoms with van der Waals surface area (Å²) in [6, 6.07) is 0. The van der Waals surface area contributed by atoms with Crippen molar-refractivity contribution >= 4 is 0 Å². The standard InChI is InChI=1S/C12H22N2/c1-10(8-9-13-2)11-4-6-12(14-3)7-5-11/h4,6,10,13-14H,5,7-9H2,1-3H3. The van der Waals surface area contributed by atoms with Crippen molar-refractivity contribution in [2.45, 2.75) is 26.2 Å². The second kappa shape index (κ2) is 5.86. The summed E-state index contributed by atoms with van der Waals surface area (Å²) in [6.45, 7) is 3.43. The molecular formula is C12H22N2. The van der Waals surface area contributed by atoms with Gasteiger partial charge in [-0.2, -0.15) is 0 Å². The van der Waals surface area contributed by atoms with Crippen LogP contribution in [0.15, 0.2) is 23.4 Å². The van der Waals surface area contributed by atoms with Gasteiger partial charge in [0.2, 0.25) is 0 Å². The van der Waals surface area contributed by atoms with Crippen molar-refractivity contribution in [2.24, 2.45) is 5.92 Å². The molecular weight excluding hydrogens is 172 g/mol. The minimum Gasteiger partial charge on any atom is -0.391 e. The number of rotatable bonds is 5. The number of hydrogen-bond donors (Lipinski definition) is 2. The molecule has 1 atom stereocenters. The lowest BCUT2D eigenvalue weighted by Crippen LogP contribution is -2.15. The Hall–Kier alpha value is -0.760. The van der Waals surface area contributed by atoms with Gasteiger partial charge in [-0.25, -0.2) is 0 Å². The van der Waals surface area contributed by atoms with Crippen LogP contribution in [0.2, 0.25) is 0 Å². The van der Waals surface area contributed by atoms with Gasteiger partial charge in [-0.05, 0) is 44.8 Å². The molecule has 0 aromatic rings. The Morgan fingerprint density at radius 2 is 2.07 bits per heavy atom. The average Bonchev–Trinajstić information content (AvgIpc) is 2.26. The molecule has 0 radical (unpaired) electrons. The van der Waals surface area contributed by atoms with E-state index in [1.54, 1.807) is 5.57 Å². The Morgan fingerprint density at radius 1 is 1.29 bits per heavy atom. The van der Waals surface area contributed by atoms with Crippen molar-refractivity contribution in [3.8, 4) is 0 Å². The Balaban J connectivity index is 2.45. The van der Waals surface area contributed by atoms with E-state index in [4.69, 9.17) is 0 Å². The van der Waals surface area contributed by atoms with Crippen LogP contribution in [0, 0.1) is 5.92 Å². The summed E-state index contributed by atoms with van der Waals surface area (Å²) in [5, 5.41) is 6.41. The zero-order chi connectivity index (χ0) is 10.4. The Kier molecular flexibility index (Phi) is 4.74. The van der Waals surface area contributed by atoms with Crippen LogP contribution in [-0.4, -0.2) is 20.6 Å². The molecule has 2 N–H and O–H groups in total. The van der Waals surface area contributed by atoms with E-state index in [0.717, 1.165) is 12.5 Å². The Labute approximate surface area is 87.5 Å². The van der Waals surface area contributed by atoms with Crippen LogP contribution >= 0.6 is 0 Å². The number of nitrogens with one attached hydrogen (secondary N) is 2. The van der Waals surface area contributed by atoms with Gasteiger partial charge in [0.15, 0.2) is 0 Å². The molecule has 0 saturated heterocycles. The molecule has 1 rings (SSSR count). The fraction of sp³-hybridized carbons (Fsp3) is 0.667. The van der Waals surface area contributed by atoms with E-state index in [0.29, 0.717) is 0 Å². The highest BCUT2D eigenvalue weighted by molar-refractivity contribution is 5.24. The van der Waals surface area contributed by atoms with Gasteiger partial charge in [-0.1, -0.05) is 18.6 Å². The van der Waals surface area contributed by atoms with Gasteiger partial charge in [0.05, 0.1) is 0 Å². The average molecular weight is 194 g/mol. The van der Waals surface area contributed by atoms with E-state index in [1.807, 2.05) is 14.1 Å². The zero-order valence-corrected chi connectivity index (χ0v) is 9.56. The van der Waals surface area contributed by atoms with Gasteiger partial charge in [-0.3, -0.25) is 0 Å². The SMILES string of the molecule is CNCCC(C)C1=CC=C(NC)CC1. The molecule has 1 unspecified atom stereocenters. The summed E-state index contributed by atoms with van der Waals surface area (Å²) in [6.07, 6.45) is 8.14. The summed E-state index contributed by atoms with van der Waals surface area (Å²) in [4.78, 5) is 0. The maximum atomic E-state index is 3.21. The molecule has 0 bridgehead atoms. The van der Waals surface area contributed by atoms with Crippen LogP contribution in [0.25, 0.3) is 0 Å². The first kappa shape index (κ1) is 11.3. The van der Waals surface area contributed by atoms with Crippen molar-refractivity contribution in [1.29, 1.82) is 0 Å². The summed E-state index contributed by atoms with van der Waals surface area (Å²) in [7, 11) is 4.01. The lowest BCUT2D eigenvalue weighted by molar-refractivity contribution is 0.560. The van der Waals surface area contributed by atoms with Crippen LogP contribution in [0.5, 0.6) is 0 Å². The first-order chi connectivity index (χ1) is 6.77. The van der Waals surface area contributed by atoms with Gasteiger partial charge >= 0.3 is 0 Å². The van der Waals surface area contributed by atoms with Crippen molar-refractivity contribution in [1.82, 2.24) is 10.6 Å². The summed E-state index contributed by atoms with van der Waals surface area (Å²) >= 11 is 0. The quantitative estimate of drug-likeness (QED) is 0.700. The largest absolute Gasteiger partial charge is 0.391 e. The highest BCUT2D eigenvalue weighted by atomic mass is 14.8. The third-order valence-electron chi connectivity index (χ3n) is 2.96. The summed E-state index contributed by atoms with van der Waals surface area (Å²) in [5.41, 5.74) is 2.95. The summed E-state index contributed by atoms with van der Waals surface area (Å²) < 4.78 is 0. The van der Waals surface area contributed by atoms with E-state index in [9.17, 15) is 0 Å². The maximum absolute atomic E-state index is 3.21. The molecule has 0 fully saturated rings. The number of hydrogen-bond acceptors (Lipinski definition) is 2. The third-order valence-corrected chi connectivity index (χ3v) is 2.96. The number of allylic oxidation sites excluding steroid dienone is 4. The van der Waals surface area contributed by atoms with Gasteiger partial charge < -0.3 is 10.6 Å². The van der Waals surface area contributed by atoms with Crippen molar-refractivity contribution in [2.75, 3.05) is 20.6 Å². The molecule has 0 spiro atoms. The van der Waals surface area contributed by atoms with Gasteiger partial charge in [0, 0.05) is 12.7 Å². The van der Waals surface area contributed by atoms with E-state index in [-0.39, 0.29) is 0 Å². The molecule has 0 aliphatic heterocycles. The van der Waals surface area contributed by atoms with Crippen LogP contribution in [-0.2, 0) is 0 Å².